The monoisotopic (exact) mass is 500 g/mol. The number of hydrogen-bond donors (Lipinski definition) is 3. The largest absolute Gasteiger partial charge is 0.480 e. The highest BCUT2D eigenvalue weighted by Crippen LogP contribution is 2.44. The van der Waals surface area contributed by atoms with E-state index < -0.39 is 39.4 Å². The lowest BCUT2D eigenvalue weighted by Crippen LogP contribution is -2.46. The van der Waals surface area contributed by atoms with E-state index in [2.05, 4.69) is 10.6 Å². The van der Waals surface area contributed by atoms with Gasteiger partial charge in [0, 0.05) is 18.6 Å². The molecule has 1 fully saturated rings. The van der Waals surface area contributed by atoms with Crippen LogP contribution in [0.4, 0.5) is 4.79 Å². The Hall–Kier alpha value is -3.40. The van der Waals surface area contributed by atoms with Crippen molar-refractivity contribution in [1.82, 2.24) is 10.6 Å². The number of aliphatic carboxylic acids is 1. The third-order valence-electron chi connectivity index (χ3n) is 6.47. The number of carbonyl (C=O) groups excluding carboxylic acids is 2. The van der Waals surface area contributed by atoms with Crippen molar-refractivity contribution >= 4 is 27.8 Å². The third kappa shape index (κ3) is 6.00. The molecule has 0 spiro atoms. The molecule has 1 saturated carbocycles. The molecule has 0 heterocycles. The molecule has 186 valence electrons. The van der Waals surface area contributed by atoms with Crippen molar-refractivity contribution in [3.8, 4) is 11.1 Å². The molecular weight excluding hydrogens is 472 g/mol. The molecule has 10 heteroatoms. The molecule has 9 nitrogen and oxygen atoms in total. The van der Waals surface area contributed by atoms with E-state index in [1.54, 1.807) is 0 Å². The van der Waals surface area contributed by atoms with Gasteiger partial charge in [-0.1, -0.05) is 48.5 Å². The van der Waals surface area contributed by atoms with E-state index in [-0.39, 0.29) is 31.1 Å². The zero-order valence-corrected chi connectivity index (χ0v) is 20.1. The van der Waals surface area contributed by atoms with E-state index in [1.807, 2.05) is 48.5 Å². The number of rotatable bonds is 10. The first-order valence-electron chi connectivity index (χ1n) is 11.4. The minimum atomic E-state index is -3.37. The van der Waals surface area contributed by atoms with Crippen LogP contribution in [0.15, 0.2) is 48.5 Å². The van der Waals surface area contributed by atoms with Crippen molar-refractivity contribution in [1.29, 1.82) is 0 Å². The Bertz CT molecular complexity index is 1210. The van der Waals surface area contributed by atoms with Gasteiger partial charge in [0.1, 0.15) is 22.5 Å². The number of carboxylic acid groups (broad SMARTS) is 1. The van der Waals surface area contributed by atoms with Crippen LogP contribution < -0.4 is 10.6 Å². The Morgan fingerprint density at radius 2 is 1.63 bits per heavy atom. The van der Waals surface area contributed by atoms with Crippen LogP contribution in [0.2, 0.25) is 0 Å². The summed E-state index contributed by atoms with van der Waals surface area (Å²) in [6.45, 7) is 0.148. The Morgan fingerprint density at radius 1 is 1.06 bits per heavy atom. The fourth-order valence-electron chi connectivity index (χ4n) is 4.49. The molecule has 2 amide bonds. The fourth-order valence-corrected chi connectivity index (χ4v) is 5.15. The zero-order valence-electron chi connectivity index (χ0n) is 19.3. The van der Waals surface area contributed by atoms with Gasteiger partial charge in [-0.15, -0.1) is 0 Å². The predicted molar refractivity (Wildman–Crippen MR) is 129 cm³/mol. The van der Waals surface area contributed by atoms with Gasteiger partial charge in [-0.3, -0.25) is 4.79 Å². The van der Waals surface area contributed by atoms with Gasteiger partial charge < -0.3 is 20.5 Å². The highest BCUT2D eigenvalue weighted by Gasteiger charge is 2.46. The average Bonchev–Trinajstić information content (AvgIpc) is 3.46. The molecule has 2 aliphatic carbocycles. The molecule has 3 N–H and O–H groups in total. The highest BCUT2D eigenvalue weighted by atomic mass is 32.2. The van der Waals surface area contributed by atoms with Crippen LogP contribution >= 0.6 is 0 Å². The summed E-state index contributed by atoms with van der Waals surface area (Å²) >= 11 is 0. The van der Waals surface area contributed by atoms with E-state index >= 15 is 0 Å². The third-order valence-corrected chi connectivity index (χ3v) is 7.45. The lowest BCUT2D eigenvalue weighted by Gasteiger charge is -2.20. The number of amides is 2. The number of carboxylic acids is 1. The van der Waals surface area contributed by atoms with Gasteiger partial charge in [0.2, 0.25) is 5.91 Å². The van der Waals surface area contributed by atoms with Crippen LogP contribution in [0, 0.1) is 0 Å². The number of nitrogens with one attached hydrogen (secondary N) is 2. The summed E-state index contributed by atoms with van der Waals surface area (Å²) in [4.78, 5) is 36.4. The first kappa shape index (κ1) is 24.7. The second-order valence-electron chi connectivity index (χ2n) is 9.28. The molecule has 35 heavy (non-hydrogen) atoms. The molecule has 2 aromatic carbocycles. The van der Waals surface area contributed by atoms with Gasteiger partial charge in [-0.2, -0.15) is 0 Å². The van der Waals surface area contributed by atoms with Gasteiger partial charge in [-0.25, -0.2) is 18.0 Å². The SMILES string of the molecule is CS(=O)(=O)CCC(NC(=O)CC1(NC(=O)OCC2c3ccccc3-c3ccccc32)CC1)C(=O)O. The Kier molecular flexibility index (Phi) is 6.84. The Labute approximate surface area is 203 Å². The van der Waals surface area contributed by atoms with Gasteiger partial charge in [0.15, 0.2) is 0 Å². The van der Waals surface area contributed by atoms with Crippen molar-refractivity contribution in [3.05, 3.63) is 59.7 Å². The van der Waals surface area contributed by atoms with E-state index in [4.69, 9.17) is 4.74 Å². The lowest BCUT2D eigenvalue weighted by atomic mass is 9.98. The molecule has 1 unspecified atom stereocenters. The molecule has 0 saturated heterocycles. The first-order chi connectivity index (χ1) is 16.6. The van der Waals surface area contributed by atoms with Crippen LogP contribution in [0.25, 0.3) is 11.1 Å². The summed E-state index contributed by atoms with van der Waals surface area (Å²) in [5, 5.41) is 14.4. The molecule has 0 aliphatic heterocycles. The average molecular weight is 501 g/mol. The number of hydrogen-bond acceptors (Lipinski definition) is 6. The van der Waals surface area contributed by atoms with Gasteiger partial charge in [0.05, 0.1) is 11.3 Å². The van der Waals surface area contributed by atoms with Crippen molar-refractivity contribution < 1.29 is 32.6 Å². The van der Waals surface area contributed by atoms with Crippen LogP contribution in [0.1, 0.15) is 42.7 Å². The highest BCUT2D eigenvalue weighted by molar-refractivity contribution is 7.90. The molecule has 2 aliphatic rings. The van der Waals surface area contributed by atoms with Crippen LogP contribution in [0.5, 0.6) is 0 Å². The summed E-state index contributed by atoms with van der Waals surface area (Å²) in [6, 6.07) is 14.7. The number of carbonyl (C=O) groups is 3. The second kappa shape index (κ2) is 9.69. The maximum atomic E-state index is 12.6. The molecule has 0 radical (unpaired) electrons. The molecular formula is C25H28N2O7S. The van der Waals surface area contributed by atoms with Crippen LogP contribution in [-0.2, 0) is 24.2 Å². The summed E-state index contributed by atoms with van der Waals surface area (Å²) < 4.78 is 28.2. The molecule has 0 aromatic heterocycles. The standard InChI is InChI=1S/C25H28N2O7S/c1-35(32,33)13-10-21(23(29)30)26-22(28)14-25(11-12-25)27-24(31)34-15-20-18-8-4-2-6-16(18)17-7-3-5-9-19(17)20/h2-9,20-21H,10-15H2,1H3,(H,26,28)(H,27,31)(H,29,30). The van der Waals surface area contributed by atoms with E-state index in [1.165, 1.54) is 0 Å². The lowest BCUT2D eigenvalue weighted by molar-refractivity contribution is -0.142. The molecule has 0 bridgehead atoms. The number of alkyl carbamates (subject to hydrolysis) is 1. The zero-order chi connectivity index (χ0) is 25.2. The predicted octanol–water partition coefficient (Wildman–Crippen LogP) is 2.45. The number of benzene rings is 2. The fraction of sp³-hybridized carbons (Fsp3) is 0.400. The minimum absolute atomic E-state index is 0.0854. The van der Waals surface area contributed by atoms with Crippen molar-refractivity contribution in [2.24, 2.45) is 0 Å². The summed E-state index contributed by atoms with van der Waals surface area (Å²) in [7, 11) is -3.37. The molecule has 4 rings (SSSR count). The molecule has 1 atom stereocenters. The van der Waals surface area contributed by atoms with Gasteiger partial charge in [-0.05, 0) is 41.5 Å². The van der Waals surface area contributed by atoms with Crippen molar-refractivity contribution in [2.45, 2.75) is 43.2 Å². The van der Waals surface area contributed by atoms with Crippen LogP contribution in [-0.4, -0.2) is 61.7 Å². The van der Waals surface area contributed by atoms with E-state index in [0.717, 1.165) is 28.5 Å². The first-order valence-corrected chi connectivity index (χ1v) is 13.5. The van der Waals surface area contributed by atoms with Gasteiger partial charge >= 0.3 is 12.1 Å². The normalized spacial score (nSPS) is 16.5. The van der Waals surface area contributed by atoms with Crippen molar-refractivity contribution in [3.63, 3.8) is 0 Å². The smallest absolute Gasteiger partial charge is 0.407 e. The molecule has 2 aromatic rings. The van der Waals surface area contributed by atoms with Crippen LogP contribution in [0.3, 0.4) is 0 Å². The summed E-state index contributed by atoms with van der Waals surface area (Å²) in [5.74, 6) is -2.32. The Morgan fingerprint density at radius 3 is 2.14 bits per heavy atom. The van der Waals surface area contributed by atoms with Gasteiger partial charge in [0.25, 0.3) is 0 Å². The Balaban J connectivity index is 1.32. The van der Waals surface area contributed by atoms with Crippen molar-refractivity contribution in [2.75, 3.05) is 18.6 Å². The summed E-state index contributed by atoms with van der Waals surface area (Å²) in [5.41, 5.74) is 3.64. The maximum absolute atomic E-state index is 12.6. The minimum Gasteiger partial charge on any atom is -0.480 e. The summed E-state index contributed by atoms with van der Waals surface area (Å²) in [6.07, 6.45) is 1.15. The number of fused-ring (bicyclic) bond motifs is 3. The number of sulfone groups is 1. The van der Waals surface area contributed by atoms with E-state index in [9.17, 15) is 27.9 Å². The number of ether oxygens (including phenoxy) is 1. The quantitative estimate of drug-likeness (QED) is 0.455. The second-order valence-corrected chi connectivity index (χ2v) is 11.5. The topological polar surface area (TPSA) is 139 Å². The maximum Gasteiger partial charge on any atom is 0.407 e. The van der Waals surface area contributed by atoms with E-state index in [0.29, 0.717) is 12.8 Å².